The lowest BCUT2D eigenvalue weighted by molar-refractivity contribution is 0.913. The van der Waals surface area contributed by atoms with Crippen LogP contribution in [-0.2, 0) is 6.42 Å². The molecule has 0 radical (unpaired) electrons. The molecule has 0 saturated heterocycles. The minimum atomic E-state index is 0.774. The fourth-order valence-electron chi connectivity index (χ4n) is 8.06. The molecule has 1 aliphatic carbocycles. The monoisotopic (exact) mass is 797 g/mol. The molecule has 0 aliphatic heterocycles. The van der Waals surface area contributed by atoms with E-state index in [9.17, 15) is 0 Å². The number of thiophene rings is 1. The fraction of sp³-hybridized carbons (Fsp3) is 0.138. The summed E-state index contributed by atoms with van der Waals surface area (Å²) in [5, 5.41) is 5.16. The Morgan fingerprint density at radius 3 is 2.18 bits per heavy atom. The van der Waals surface area contributed by atoms with E-state index in [1.807, 2.05) is 35.6 Å². The van der Waals surface area contributed by atoms with Gasteiger partial charge in [0.2, 0.25) is 0 Å². The summed E-state index contributed by atoms with van der Waals surface area (Å²) in [5.74, 6) is 0. The van der Waals surface area contributed by atoms with Gasteiger partial charge in [-0.1, -0.05) is 154 Å². The maximum atomic E-state index is 4.19. The molecule has 0 saturated carbocycles. The molecule has 0 fully saturated rings. The summed E-state index contributed by atoms with van der Waals surface area (Å²) in [6, 6.07) is 37.9. The topological polar surface area (TPSA) is 3.24 Å². The molecule has 60 heavy (non-hydrogen) atoms. The van der Waals surface area contributed by atoms with Crippen molar-refractivity contribution in [1.82, 2.24) is 0 Å². The third-order valence-corrected chi connectivity index (χ3v) is 12.6. The summed E-state index contributed by atoms with van der Waals surface area (Å²) in [6.07, 6.45) is 29.2. The molecule has 0 amide bonds. The minimum absolute atomic E-state index is 0.774. The Labute approximate surface area is 361 Å². The summed E-state index contributed by atoms with van der Waals surface area (Å²) in [7, 11) is 0. The number of fused-ring (bicyclic) bond motifs is 4. The molecule has 6 aromatic rings. The first-order chi connectivity index (χ1) is 29.3. The van der Waals surface area contributed by atoms with Gasteiger partial charge in [-0.2, -0.15) is 0 Å². The normalized spacial score (nSPS) is 14.5. The van der Waals surface area contributed by atoms with Crippen LogP contribution in [0, 0.1) is 0 Å². The van der Waals surface area contributed by atoms with Crippen molar-refractivity contribution < 1.29 is 0 Å². The van der Waals surface area contributed by atoms with Gasteiger partial charge in [0.15, 0.2) is 0 Å². The molecule has 2 heteroatoms. The molecule has 0 spiro atoms. The summed E-state index contributed by atoms with van der Waals surface area (Å²) >= 11 is 1.86. The highest BCUT2D eigenvalue weighted by molar-refractivity contribution is 7.25. The summed E-state index contributed by atoms with van der Waals surface area (Å²) in [5.41, 5.74) is 14.7. The second-order valence-electron chi connectivity index (χ2n) is 15.3. The number of nitrogens with zero attached hydrogens (tertiary/aromatic N) is 1. The van der Waals surface area contributed by atoms with Crippen LogP contribution < -0.4 is 4.90 Å². The van der Waals surface area contributed by atoms with Crippen LogP contribution in [0.5, 0.6) is 0 Å². The van der Waals surface area contributed by atoms with Gasteiger partial charge in [0.1, 0.15) is 0 Å². The van der Waals surface area contributed by atoms with E-state index in [-0.39, 0.29) is 0 Å². The van der Waals surface area contributed by atoms with Gasteiger partial charge in [0.05, 0.1) is 0 Å². The van der Waals surface area contributed by atoms with Gasteiger partial charge < -0.3 is 4.90 Å². The van der Waals surface area contributed by atoms with E-state index in [0.29, 0.717) is 0 Å². The predicted octanol–water partition coefficient (Wildman–Crippen LogP) is 17.1. The van der Waals surface area contributed by atoms with Gasteiger partial charge in [-0.05, 0) is 156 Å². The third-order valence-electron chi connectivity index (χ3n) is 11.5. The third kappa shape index (κ3) is 9.20. The average molecular weight is 798 g/mol. The molecule has 298 valence electrons. The fourth-order valence-corrected chi connectivity index (χ4v) is 9.15. The van der Waals surface area contributed by atoms with Crippen LogP contribution >= 0.6 is 11.3 Å². The van der Waals surface area contributed by atoms with E-state index in [2.05, 4.69) is 204 Å². The van der Waals surface area contributed by atoms with Gasteiger partial charge in [-0.15, -0.1) is 11.3 Å². The van der Waals surface area contributed by atoms with Crippen molar-refractivity contribution in [2.75, 3.05) is 4.90 Å². The SMILES string of the molecule is C=C/C=C(\C=Cc1ccc(N(C2=CC=C(c3ccc4sc5ccccc5c4c3)CC2)/C(C=C)=C/C=C)cc1)Cc1cc2ccccc2cc1C(/C=C\CC)=C(C)\C(C)=C/C. The van der Waals surface area contributed by atoms with E-state index in [1.54, 1.807) is 0 Å². The lowest BCUT2D eigenvalue weighted by Crippen LogP contribution is -2.22. The highest BCUT2D eigenvalue weighted by Crippen LogP contribution is 2.39. The Kier molecular flexibility index (Phi) is 13.6. The van der Waals surface area contributed by atoms with E-state index in [1.165, 1.54) is 81.2 Å². The number of hydrogen-bond donors (Lipinski definition) is 0. The van der Waals surface area contributed by atoms with Gasteiger partial charge in [-0.25, -0.2) is 0 Å². The maximum Gasteiger partial charge on any atom is 0.0458 e. The molecular formula is C58H55NS. The molecule has 0 N–H and O–H groups in total. The zero-order chi connectivity index (χ0) is 42.0. The first-order valence-corrected chi connectivity index (χ1v) is 21.9. The van der Waals surface area contributed by atoms with Crippen LogP contribution in [0.25, 0.3) is 48.2 Å². The highest BCUT2D eigenvalue weighted by Gasteiger charge is 2.19. The summed E-state index contributed by atoms with van der Waals surface area (Å²) in [6.45, 7) is 21.0. The lowest BCUT2D eigenvalue weighted by atomic mass is 9.87. The van der Waals surface area contributed by atoms with Crippen molar-refractivity contribution >= 4 is 65.2 Å². The van der Waals surface area contributed by atoms with Crippen molar-refractivity contribution in [2.45, 2.75) is 53.4 Å². The Balaban J connectivity index is 1.17. The molecule has 1 heterocycles. The molecule has 0 atom stereocenters. The Bertz CT molecular complexity index is 2840. The second kappa shape index (κ2) is 19.5. The van der Waals surface area contributed by atoms with Crippen molar-refractivity contribution in [3.05, 3.63) is 240 Å². The number of rotatable bonds is 15. The molecule has 7 rings (SSSR count). The summed E-state index contributed by atoms with van der Waals surface area (Å²) < 4.78 is 2.67. The standard InChI is InChI=1S/C58H55NS/c1-8-13-22-53(42(7)41(6)11-4)55-39-47-21-15-14-20-46(47)38-49(55)37-44(18-9-2)26-25-43-27-32-51(33-28-43)59(50(12-5)19-10-3)52-34-29-45(30-35-52)48-31-36-58-56(40-48)54-23-16-17-24-57(54)60-58/h9-29,31-34,36,38-40H,2-3,5,8,30,35,37H2,1,4,6-7H3/b22-13-,26-25?,41-11-,44-18+,50-19+,53-42-. The first-order valence-electron chi connectivity index (χ1n) is 21.0. The van der Waals surface area contributed by atoms with Crippen LogP contribution in [0.2, 0.25) is 0 Å². The molecule has 1 aromatic heterocycles. The molecule has 5 aromatic carbocycles. The number of allylic oxidation sites excluding steroid dienone is 17. The highest BCUT2D eigenvalue weighted by atomic mass is 32.1. The zero-order valence-electron chi connectivity index (χ0n) is 35.5. The number of hydrogen-bond acceptors (Lipinski definition) is 2. The first kappa shape index (κ1) is 41.7. The van der Waals surface area contributed by atoms with Crippen molar-refractivity contribution in [3.63, 3.8) is 0 Å². The largest absolute Gasteiger partial charge is 0.314 e. The van der Waals surface area contributed by atoms with Crippen LogP contribution in [0.1, 0.15) is 69.2 Å². The van der Waals surface area contributed by atoms with Crippen LogP contribution in [0.3, 0.4) is 0 Å². The Morgan fingerprint density at radius 1 is 0.750 bits per heavy atom. The quantitative estimate of drug-likeness (QED) is 0.0936. The second-order valence-corrected chi connectivity index (χ2v) is 16.4. The average Bonchev–Trinajstić information content (AvgIpc) is 3.66. The van der Waals surface area contributed by atoms with Gasteiger partial charge in [0, 0.05) is 37.3 Å². The van der Waals surface area contributed by atoms with Crippen molar-refractivity contribution in [1.29, 1.82) is 0 Å². The van der Waals surface area contributed by atoms with Crippen molar-refractivity contribution in [3.8, 4) is 0 Å². The summed E-state index contributed by atoms with van der Waals surface area (Å²) in [4.78, 5) is 2.31. The molecule has 1 aliphatic rings. The molecular weight excluding hydrogens is 743 g/mol. The maximum absolute atomic E-state index is 4.19. The Morgan fingerprint density at radius 2 is 1.48 bits per heavy atom. The van der Waals surface area contributed by atoms with Crippen LogP contribution in [0.15, 0.2) is 218 Å². The van der Waals surface area contributed by atoms with Crippen LogP contribution in [-0.4, -0.2) is 0 Å². The Hall–Kier alpha value is -6.48. The lowest BCUT2D eigenvalue weighted by Gasteiger charge is -2.30. The van der Waals surface area contributed by atoms with Gasteiger partial charge in [0.25, 0.3) is 0 Å². The number of benzene rings is 5. The van der Waals surface area contributed by atoms with Gasteiger partial charge in [-0.3, -0.25) is 0 Å². The van der Waals surface area contributed by atoms with E-state index in [0.717, 1.165) is 42.6 Å². The smallest absolute Gasteiger partial charge is 0.0458 e. The molecule has 0 unspecified atom stereocenters. The van der Waals surface area contributed by atoms with E-state index >= 15 is 0 Å². The van der Waals surface area contributed by atoms with Crippen LogP contribution in [0.4, 0.5) is 5.69 Å². The number of anilines is 1. The van der Waals surface area contributed by atoms with Crippen molar-refractivity contribution in [2.24, 2.45) is 0 Å². The minimum Gasteiger partial charge on any atom is -0.314 e. The predicted molar refractivity (Wildman–Crippen MR) is 268 cm³/mol. The zero-order valence-corrected chi connectivity index (χ0v) is 36.4. The van der Waals surface area contributed by atoms with Gasteiger partial charge >= 0.3 is 0 Å². The van der Waals surface area contributed by atoms with E-state index < -0.39 is 0 Å². The van der Waals surface area contributed by atoms with E-state index in [4.69, 9.17) is 0 Å². The molecule has 1 nitrogen and oxygen atoms in total. The molecule has 0 bridgehead atoms.